The van der Waals surface area contributed by atoms with E-state index >= 15 is 0 Å². The van der Waals surface area contributed by atoms with Crippen LogP contribution in [-0.4, -0.2) is 53.8 Å². The highest BCUT2D eigenvalue weighted by atomic mass is 32.2. The molecule has 2 heterocycles. The first-order chi connectivity index (χ1) is 15.8. The number of anilines is 3. The van der Waals surface area contributed by atoms with Crippen LogP contribution in [0, 0.1) is 11.3 Å². The maximum absolute atomic E-state index is 12.5. The highest BCUT2D eigenvalue weighted by molar-refractivity contribution is 7.91. The van der Waals surface area contributed by atoms with E-state index in [9.17, 15) is 23.1 Å². The zero-order chi connectivity index (χ0) is 24.9. The molecule has 1 atom stereocenters. The van der Waals surface area contributed by atoms with E-state index in [2.05, 4.69) is 25.8 Å². The van der Waals surface area contributed by atoms with Crippen LogP contribution < -0.4 is 16.0 Å². The molecular weight excluding hydrogens is 424 g/mol. The molecule has 2 amide bonds. The number of rotatable bonds is 7. The van der Waals surface area contributed by atoms with Crippen molar-refractivity contribution in [2.45, 2.75) is 30.8 Å². The van der Waals surface area contributed by atoms with Gasteiger partial charge in [0.15, 0.2) is 21.3 Å². The minimum Gasteiger partial charge on any atom is -0.392 e. The Hall–Kier alpha value is -3.12. The molecule has 1 spiro atoms. The number of nitrogens with zero attached hydrogens (tertiary/aromatic N) is 3. The van der Waals surface area contributed by atoms with Gasteiger partial charge in [-0.25, -0.2) is 13.4 Å². The van der Waals surface area contributed by atoms with Gasteiger partial charge in [-0.05, 0) is 30.7 Å². The van der Waals surface area contributed by atoms with Crippen LogP contribution in [0.1, 0.15) is 39.4 Å². The number of aromatic nitrogens is 3. The molecule has 2 aliphatic rings. The number of carbonyl (C=O) groups excluding carboxylic acids is 2. The van der Waals surface area contributed by atoms with Gasteiger partial charge in [0, 0.05) is 41.1 Å². The molecule has 2 aromatic rings. The van der Waals surface area contributed by atoms with Gasteiger partial charge in [-0.15, -0.1) is 10.2 Å². The number of nitrogens with one attached hydrogen (secondary N) is 3. The molecule has 0 aliphatic heterocycles. The second kappa shape index (κ2) is 7.54. The summed E-state index contributed by atoms with van der Waals surface area (Å²) in [5, 5.41) is 24.2. The molecule has 164 valence electrons. The number of hydrogen-bond acceptors (Lipinski definition) is 9. The summed E-state index contributed by atoms with van der Waals surface area (Å²) >= 11 is 0. The minimum absolute atomic E-state index is 0.0140. The molecule has 0 bridgehead atoms. The quantitative estimate of drug-likeness (QED) is 0.474. The molecule has 0 saturated heterocycles. The van der Waals surface area contributed by atoms with Crippen molar-refractivity contribution in [3.05, 3.63) is 29.6 Å². The van der Waals surface area contributed by atoms with Crippen molar-refractivity contribution in [1.29, 1.82) is 0 Å². The van der Waals surface area contributed by atoms with Gasteiger partial charge < -0.3 is 21.1 Å². The van der Waals surface area contributed by atoms with Crippen LogP contribution in [0.25, 0.3) is 0 Å². The number of pyridine rings is 1. The lowest BCUT2D eigenvalue weighted by molar-refractivity contribution is -0.117. The average molecular weight is 450 g/mol. The second-order valence-electron chi connectivity index (χ2n) is 7.76. The van der Waals surface area contributed by atoms with Gasteiger partial charge in [0.1, 0.15) is 10.7 Å². The van der Waals surface area contributed by atoms with E-state index in [-0.39, 0.29) is 45.0 Å². The van der Waals surface area contributed by atoms with Crippen LogP contribution in [0.15, 0.2) is 23.2 Å². The van der Waals surface area contributed by atoms with Crippen molar-refractivity contribution < 1.29 is 27.2 Å². The molecule has 0 radical (unpaired) electrons. The second-order valence-corrected chi connectivity index (χ2v) is 9.71. The van der Waals surface area contributed by atoms with E-state index in [1.807, 2.05) is 0 Å². The van der Waals surface area contributed by atoms with Crippen molar-refractivity contribution in [3.8, 4) is 0 Å². The van der Waals surface area contributed by atoms with Crippen LogP contribution in [0.4, 0.5) is 17.3 Å². The maximum atomic E-state index is 12.5. The fourth-order valence-corrected chi connectivity index (χ4v) is 4.73. The van der Waals surface area contributed by atoms with Crippen LogP contribution in [0.5, 0.6) is 0 Å². The first kappa shape index (κ1) is 17.5. The lowest BCUT2D eigenvalue weighted by Crippen LogP contribution is -2.23. The topological polar surface area (TPSA) is 163 Å². The molecule has 31 heavy (non-hydrogen) atoms. The molecule has 2 fully saturated rings. The van der Waals surface area contributed by atoms with Crippen molar-refractivity contribution >= 4 is 39.0 Å². The normalized spacial score (nSPS) is 20.2. The SMILES string of the molecule is [2H]C([2H])([2H])NC(=O)c1nnc(NC(=O)C2CC23CC3)cc1Nc1nccc(CO)c1S(C)(=O)=O. The van der Waals surface area contributed by atoms with E-state index in [1.54, 1.807) is 5.32 Å². The highest BCUT2D eigenvalue weighted by Crippen LogP contribution is 2.70. The highest BCUT2D eigenvalue weighted by Gasteiger charge is 2.65. The summed E-state index contributed by atoms with van der Waals surface area (Å²) in [6.45, 7) is -3.41. The third kappa shape index (κ3) is 4.08. The number of amides is 2. The van der Waals surface area contributed by atoms with E-state index < -0.39 is 35.0 Å². The Balaban J connectivity index is 1.71. The molecule has 12 heteroatoms. The smallest absolute Gasteiger partial charge is 0.273 e. The van der Waals surface area contributed by atoms with Gasteiger partial charge in [0.05, 0.1) is 12.3 Å². The Morgan fingerprint density at radius 2 is 2.13 bits per heavy atom. The van der Waals surface area contributed by atoms with Gasteiger partial charge in [0.2, 0.25) is 5.91 Å². The van der Waals surface area contributed by atoms with Gasteiger partial charge in [-0.2, -0.15) is 0 Å². The predicted molar refractivity (Wildman–Crippen MR) is 110 cm³/mol. The molecule has 1 unspecified atom stereocenters. The molecule has 4 rings (SSSR count). The zero-order valence-corrected chi connectivity index (χ0v) is 17.3. The summed E-state index contributed by atoms with van der Waals surface area (Å²) < 4.78 is 46.5. The van der Waals surface area contributed by atoms with Crippen LogP contribution in [0.2, 0.25) is 0 Å². The number of hydrogen-bond donors (Lipinski definition) is 4. The van der Waals surface area contributed by atoms with Crippen LogP contribution in [0.3, 0.4) is 0 Å². The number of aliphatic hydroxyl groups excluding tert-OH is 1. The lowest BCUT2D eigenvalue weighted by Gasteiger charge is -2.15. The van der Waals surface area contributed by atoms with Crippen LogP contribution >= 0.6 is 0 Å². The number of sulfone groups is 1. The fourth-order valence-electron chi connectivity index (χ4n) is 3.66. The van der Waals surface area contributed by atoms with Crippen molar-refractivity contribution in [1.82, 2.24) is 20.5 Å². The molecular formula is C19H22N6O5S. The summed E-state index contributed by atoms with van der Waals surface area (Å²) in [5.41, 5.74) is -0.448. The monoisotopic (exact) mass is 449 g/mol. The van der Waals surface area contributed by atoms with Gasteiger partial charge >= 0.3 is 0 Å². The predicted octanol–water partition coefficient (Wildman–Crippen LogP) is 0.609. The summed E-state index contributed by atoms with van der Waals surface area (Å²) in [7, 11) is -3.88. The van der Waals surface area contributed by atoms with Crippen LogP contribution in [-0.2, 0) is 21.2 Å². The average Bonchev–Trinajstić information content (AvgIpc) is 3.64. The van der Waals surface area contributed by atoms with Gasteiger partial charge in [0.25, 0.3) is 5.91 Å². The standard InChI is InChI=1S/C19H22N6O5S/c1-20-18(28)14-12(22-16-15(31(2,29)30)10(9-26)3-6-21-16)7-13(24-25-14)23-17(27)11-8-19(11)4-5-19/h3,6-7,11,26H,4-5,8-9H2,1-2H3,(H,20,28)(H2,21,22,23,24,27)/i1D3. The van der Waals surface area contributed by atoms with Crippen molar-refractivity contribution in [3.63, 3.8) is 0 Å². The Labute approximate surface area is 182 Å². The summed E-state index contributed by atoms with van der Waals surface area (Å²) in [6.07, 6.45) is 4.98. The van der Waals surface area contributed by atoms with E-state index in [4.69, 9.17) is 4.11 Å². The molecule has 2 saturated carbocycles. The van der Waals surface area contributed by atoms with Gasteiger partial charge in [-0.3, -0.25) is 9.59 Å². The first-order valence-corrected chi connectivity index (χ1v) is 11.3. The number of carbonyl (C=O) groups is 2. The Morgan fingerprint density at radius 3 is 2.74 bits per heavy atom. The fraction of sp³-hybridized carbons (Fsp3) is 0.421. The van der Waals surface area contributed by atoms with E-state index in [0.717, 1.165) is 25.5 Å². The summed E-state index contributed by atoms with van der Waals surface area (Å²) in [5.74, 6) is -1.70. The molecule has 2 aliphatic carbocycles. The number of aliphatic hydroxyl groups is 1. The van der Waals surface area contributed by atoms with E-state index in [1.165, 1.54) is 18.3 Å². The molecule has 4 N–H and O–H groups in total. The zero-order valence-electron chi connectivity index (χ0n) is 19.5. The van der Waals surface area contributed by atoms with E-state index in [0.29, 0.717) is 0 Å². The molecule has 11 nitrogen and oxygen atoms in total. The Kier molecular flexibility index (Phi) is 4.27. The lowest BCUT2D eigenvalue weighted by atomic mass is 10.2. The molecule has 2 aromatic heterocycles. The maximum Gasteiger partial charge on any atom is 0.273 e. The summed E-state index contributed by atoms with van der Waals surface area (Å²) in [6, 6.07) is 2.56. The van der Waals surface area contributed by atoms with Gasteiger partial charge in [-0.1, -0.05) is 0 Å². The Morgan fingerprint density at radius 1 is 1.35 bits per heavy atom. The summed E-state index contributed by atoms with van der Waals surface area (Å²) in [4.78, 5) is 28.7. The Bertz CT molecular complexity index is 1280. The van der Waals surface area contributed by atoms with Crippen molar-refractivity contribution in [2.75, 3.05) is 23.9 Å². The first-order valence-electron chi connectivity index (χ1n) is 10.9. The minimum atomic E-state index is -3.88. The molecule has 0 aromatic carbocycles. The third-order valence-corrected chi connectivity index (χ3v) is 6.75. The van der Waals surface area contributed by atoms with Crippen molar-refractivity contribution in [2.24, 2.45) is 11.3 Å². The largest absolute Gasteiger partial charge is 0.392 e. The third-order valence-electron chi connectivity index (χ3n) is 5.55.